The van der Waals surface area contributed by atoms with Crippen LogP contribution in [0.4, 0.5) is 5.82 Å². The van der Waals surface area contributed by atoms with Crippen LogP contribution in [0.25, 0.3) is 0 Å². The molecule has 0 fully saturated rings. The number of hydrogen-bond donors (Lipinski definition) is 1. The predicted octanol–water partition coefficient (Wildman–Crippen LogP) is 5.19. The first kappa shape index (κ1) is 17.1. The van der Waals surface area contributed by atoms with Crippen LogP contribution >= 0.6 is 11.8 Å². The average Bonchev–Trinajstić information content (AvgIpc) is 3.21. The van der Waals surface area contributed by atoms with Crippen molar-refractivity contribution in [2.75, 3.05) is 11.9 Å². The molecule has 4 nitrogen and oxygen atoms in total. The van der Waals surface area contributed by atoms with Gasteiger partial charge in [-0.3, -0.25) is 4.99 Å². The zero-order chi connectivity index (χ0) is 17.4. The summed E-state index contributed by atoms with van der Waals surface area (Å²) in [5.74, 6) is 1.98. The summed E-state index contributed by atoms with van der Waals surface area (Å²) in [5, 5.41) is 3.80. The zero-order valence-electron chi connectivity index (χ0n) is 15.5. The fourth-order valence-electron chi connectivity index (χ4n) is 4.14. The van der Waals surface area contributed by atoms with Gasteiger partial charge < -0.3 is 5.32 Å². The second-order valence-electron chi connectivity index (χ2n) is 7.73. The number of nitrogens with zero attached hydrogens (tertiary/aromatic N) is 3. The van der Waals surface area contributed by atoms with Crippen LogP contribution in [0.1, 0.15) is 70.9 Å². The minimum Gasteiger partial charge on any atom is -0.369 e. The van der Waals surface area contributed by atoms with E-state index in [1.165, 1.54) is 48.4 Å². The minimum absolute atomic E-state index is 0.273. The standard InChI is InChI=1S/C20H28N4S/c1-4-5-9-15-13-7-6-8-14(13)16-17-18(25-20(16)24-15)19(23-11-22-17)21-10-12(2)3/h11-12,16,20H,4-10H2,1-3H3,(H,21,22,23)/t16-,20+/m1/s1. The Balaban J connectivity index is 1.67. The van der Waals surface area contributed by atoms with E-state index >= 15 is 0 Å². The minimum atomic E-state index is 0.273. The fraction of sp³-hybridized carbons (Fsp3) is 0.650. The van der Waals surface area contributed by atoms with Crippen LogP contribution in [-0.2, 0) is 0 Å². The largest absolute Gasteiger partial charge is 0.369 e. The number of anilines is 1. The number of aliphatic imine (C=N–C) groups is 1. The smallest absolute Gasteiger partial charge is 0.143 e. The first-order chi connectivity index (χ1) is 12.2. The van der Waals surface area contributed by atoms with Crippen molar-refractivity contribution in [2.45, 2.75) is 75.5 Å². The van der Waals surface area contributed by atoms with E-state index < -0.39 is 0 Å². The fourth-order valence-corrected chi connectivity index (χ4v) is 5.53. The molecule has 0 amide bonds. The Hall–Kier alpha value is -1.36. The zero-order valence-corrected chi connectivity index (χ0v) is 16.3. The van der Waals surface area contributed by atoms with Crippen molar-refractivity contribution in [3.63, 3.8) is 0 Å². The van der Waals surface area contributed by atoms with Crippen molar-refractivity contribution in [1.82, 2.24) is 9.97 Å². The Labute approximate surface area is 155 Å². The van der Waals surface area contributed by atoms with Crippen LogP contribution in [-0.4, -0.2) is 27.6 Å². The molecule has 1 N–H and O–H groups in total. The first-order valence-electron chi connectivity index (χ1n) is 9.73. The van der Waals surface area contributed by atoms with E-state index in [-0.39, 0.29) is 5.37 Å². The highest BCUT2D eigenvalue weighted by atomic mass is 32.2. The lowest BCUT2D eigenvalue weighted by atomic mass is 9.87. The maximum absolute atomic E-state index is 5.20. The van der Waals surface area contributed by atoms with Crippen molar-refractivity contribution in [3.8, 4) is 0 Å². The van der Waals surface area contributed by atoms with E-state index in [0.717, 1.165) is 18.8 Å². The summed E-state index contributed by atoms with van der Waals surface area (Å²) in [4.78, 5) is 15.7. The molecule has 2 aliphatic heterocycles. The van der Waals surface area contributed by atoms with Crippen LogP contribution in [0.2, 0.25) is 0 Å². The van der Waals surface area contributed by atoms with Crippen molar-refractivity contribution >= 4 is 23.3 Å². The molecule has 0 spiro atoms. The van der Waals surface area contributed by atoms with Gasteiger partial charge in [-0.2, -0.15) is 0 Å². The lowest BCUT2D eigenvalue weighted by molar-refractivity contribution is 0.679. The van der Waals surface area contributed by atoms with Crippen LogP contribution in [0.3, 0.4) is 0 Å². The van der Waals surface area contributed by atoms with E-state index in [1.54, 1.807) is 17.5 Å². The molecule has 134 valence electrons. The summed E-state index contributed by atoms with van der Waals surface area (Å²) in [5.41, 5.74) is 5.80. The molecule has 1 aliphatic carbocycles. The summed E-state index contributed by atoms with van der Waals surface area (Å²) in [6.07, 6.45) is 9.06. The molecule has 0 saturated carbocycles. The Morgan fingerprint density at radius 3 is 2.96 bits per heavy atom. The highest BCUT2D eigenvalue weighted by Crippen LogP contribution is 2.55. The Morgan fingerprint density at radius 1 is 1.28 bits per heavy atom. The van der Waals surface area contributed by atoms with Gasteiger partial charge in [0.2, 0.25) is 0 Å². The number of thioether (sulfide) groups is 1. The van der Waals surface area contributed by atoms with Gasteiger partial charge in [0.15, 0.2) is 0 Å². The van der Waals surface area contributed by atoms with Gasteiger partial charge in [-0.05, 0) is 43.6 Å². The normalized spacial score (nSPS) is 24.2. The molecule has 0 aromatic carbocycles. The Bertz CT molecular complexity index is 722. The molecule has 0 radical (unpaired) electrons. The van der Waals surface area contributed by atoms with Gasteiger partial charge in [-0.15, -0.1) is 0 Å². The lowest BCUT2D eigenvalue weighted by Gasteiger charge is -2.26. The Morgan fingerprint density at radius 2 is 2.16 bits per heavy atom. The first-order valence-corrected chi connectivity index (χ1v) is 10.6. The number of rotatable bonds is 6. The number of allylic oxidation sites excluding steroid dienone is 1. The summed E-state index contributed by atoms with van der Waals surface area (Å²) in [7, 11) is 0. The summed E-state index contributed by atoms with van der Waals surface area (Å²) < 4.78 is 0. The van der Waals surface area contributed by atoms with Crippen LogP contribution in [0.15, 0.2) is 27.4 Å². The predicted molar refractivity (Wildman–Crippen MR) is 106 cm³/mol. The van der Waals surface area contributed by atoms with Gasteiger partial charge in [0, 0.05) is 12.3 Å². The van der Waals surface area contributed by atoms with Gasteiger partial charge in [0.1, 0.15) is 17.5 Å². The molecular weight excluding hydrogens is 328 g/mol. The SMILES string of the molecule is CCCCC1=N[C@H]2Sc3c(NCC(C)C)ncnc3[C@H]2C2=C1CCC2. The topological polar surface area (TPSA) is 50.2 Å². The second-order valence-corrected chi connectivity index (χ2v) is 8.86. The molecule has 3 aliphatic rings. The van der Waals surface area contributed by atoms with Gasteiger partial charge >= 0.3 is 0 Å². The van der Waals surface area contributed by atoms with Crippen LogP contribution in [0, 0.1) is 5.92 Å². The van der Waals surface area contributed by atoms with Gasteiger partial charge in [0.25, 0.3) is 0 Å². The molecular formula is C20H28N4S. The van der Waals surface area contributed by atoms with E-state index in [1.807, 2.05) is 11.8 Å². The van der Waals surface area contributed by atoms with Crippen molar-refractivity contribution in [1.29, 1.82) is 0 Å². The van der Waals surface area contributed by atoms with Gasteiger partial charge in [-0.25, -0.2) is 9.97 Å². The van der Waals surface area contributed by atoms with E-state index in [2.05, 4.69) is 31.1 Å². The molecule has 2 atom stereocenters. The third-order valence-electron chi connectivity index (χ3n) is 5.36. The highest BCUT2D eigenvalue weighted by Gasteiger charge is 2.43. The number of hydrogen-bond acceptors (Lipinski definition) is 5. The third kappa shape index (κ3) is 3.12. The maximum atomic E-state index is 5.20. The number of unbranched alkanes of at least 4 members (excludes halogenated alkanes) is 1. The highest BCUT2D eigenvalue weighted by molar-refractivity contribution is 8.00. The summed E-state index contributed by atoms with van der Waals surface area (Å²) in [6, 6.07) is 0. The molecule has 1 aromatic rings. The number of dihydropyridines is 1. The van der Waals surface area contributed by atoms with Crippen molar-refractivity contribution in [3.05, 3.63) is 23.2 Å². The summed E-state index contributed by atoms with van der Waals surface area (Å²) >= 11 is 1.88. The molecule has 0 saturated heterocycles. The quantitative estimate of drug-likeness (QED) is 0.762. The van der Waals surface area contributed by atoms with Crippen LogP contribution < -0.4 is 5.32 Å². The average molecular weight is 357 g/mol. The lowest BCUT2D eigenvalue weighted by Crippen LogP contribution is -2.21. The van der Waals surface area contributed by atoms with E-state index in [9.17, 15) is 0 Å². The van der Waals surface area contributed by atoms with Gasteiger partial charge in [-0.1, -0.05) is 44.5 Å². The monoisotopic (exact) mass is 356 g/mol. The van der Waals surface area contributed by atoms with E-state index in [0.29, 0.717) is 11.8 Å². The number of fused-ring (bicyclic) bond motifs is 4. The molecule has 0 bridgehead atoms. The summed E-state index contributed by atoms with van der Waals surface area (Å²) in [6.45, 7) is 7.65. The van der Waals surface area contributed by atoms with Gasteiger partial charge in [0.05, 0.1) is 16.5 Å². The number of nitrogens with one attached hydrogen (secondary N) is 1. The Kier molecular flexibility index (Phi) is 4.85. The second kappa shape index (κ2) is 7.10. The van der Waals surface area contributed by atoms with Crippen molar-refractivity contribution in [2.24, 2.45) is 10.9 Å². The maximum Gasteiger partial charge on any atom is 0.143 e. The molecule has 3 heterocycles. The molecule has 4 rings (SSSR count). The number of aromatic nitrogens is 2. The molecule has 5 heteroatoms. The van der Waals surface area contributed by atoms with Crippen LogP contribution in [0.5, 0.6) is 0 Å². The van der Waals surface area contributed by atoms with Crippen molar-refractivity contribution < 1.29 is 0 Å². The molecule has 25 heavy (non-hydrogen) atoms. The molecule has 0 unspecified atom stereocenters. The van der Waals surface area contributed by atoms with E-state index in [4.69, 9.17) is 9.98 Å². The molecule has 1 aromatic heterocycles. The third-order valence-corrected chi connectivity index (χ3v) is 6.62.